The molecule has 1 heterocycles. The summed E-state index contributed by atoms with van der Waals surface area (Å²) < 4.78 is 5.24. The van der Waals surface area contributed by atoms with Crippen LogP contribution < -0.4 is 5.32 Å². The first kappa shape index (κ1) is 14.0. The summed E-state index contributed by atoms with van der Waals surface area (Å²) in [4.78, 5) is 24.2. The maximum absolute atomic E-state index is 11.8. The molecule has 1 spiro atoms. The Morgan fingerprint density at radius 1 is 1.32 bits per heavy atom. The molecule has 0 unspecified atom stereocenters. The van der Waals surface area contributed by atoms with E-state index in [-0.39, 0.29) is 11.5 Å². The van der Waals surface area contributed by atoms with Crippen LogP contribution in [-0.4, -0.2) is 46.9 Å². The number of nitrogens with zero attached hydrogens (tertiary/aromatic N) is 1. The van der Waals surface area contributed by atoms with Crippen LogP contribution in [0.4, 0.5) is 9.59 Å². The lowest BCUT2D eigenvalue weighted by molar-refractivity contribution is 0.0408. The number of carbonyl (C=O) groups is 2. The molecule has 0 aromatic rings. The lowest BCUT2D eigenvalue weighted by Gasteiger charge is -2.38. The molecule has 6 nitrogen and oxygen atoms in total. The van der Waals surface area contributed by atoms with Crippen LogP contribution in [0.3, 0.4) is 0 Å². The lowest BCUT2D eigenvalue weighted by atomic mass is 9.88. The van der Waals surface area contributed by atoms with Gasteiger partial charge in [-0.15, -0.1) is 0 Å². The average Bonchev–Trinajstić information content (AvgIpc) is 2.99. The standard InChI is InChI=1S/C13H22N2O4/c1-12(2,3)19-10(16)14-9-8-15(11(17)18)7-6-13(9)4-5-13/h9H,4-8H2,1-3H3,(H,14,16)(H,17,18)/t9-/m0/s1. The maximum Gasteiger partial charge on any atom is 0.407 e. The Hall–Kier alpha value is -1.46. The lowest BCUT2D eigenvalue weighted by Crippen LogP contribution is -2.55. The second-order valence-electron chi connectivity index (χ2n) is 6.54. The molecular weight excluding hydrogens is 248 g/mol. The summed E-state index contributed by atoms with van der Waals surface area (Å²) in [6, 6.07) is -0.132. The number of carboxylic acid groups (broad SMARTS) is 1. The summed E-state index contributed by atoms with van der Waals surface area (Å²) in [5.74, 6) is 0. The molecule has 2 rings (SSSR count). The summed E-state index contributed by atoms with van der Waals surface area (Å²) >= 11 is 0. The Labute approximate surface area is 113 Å². The van der Waals surface area contributed by atoms with Gasteiger partial charge < -0.3 is 20.1 Å². The van der Waals surface area contributed by atoms with Gasteiger partial charge in [-0.2, -0.15) is 0 Å². The molecule has 0 aromatic carbocycles. The normalized spacial score (nSPS) is 25.0. The van der Waals surface area contributed by atoms with Gasteiger partial charge in [0.1, 0.15) is 5.60 Å². The Balaban J connectivity index is 1.96. The van der Waals surface area contributed by atoms with Crippen LogP contribution in [0.15, 0.2) is 0 Å². The highest BCUT2D eigenvalue weighted by atomic mass is 16.6. The first-order valence-electron chi connectivity index (χ1n) is 6.69. The number of piperidine rings is 1. The maximum atomic E-state index is 11.8. The van der Waals surface area contributed by atoms with E-state index in [4.69, 9.17) is 9.84 Å². The molecule has 1 saturated carbocycles. The quantitative estimate of drug-likeness (QED) is 0.764. The first-order chi connectivity index (χ1) is 8.72. The summed E-state index contributed by atoms with van der Waals surface area (Å²) in [5.41, 5.74) is -0.440. The minimum atomic E-state index is -0.925. The monoisotopic (exact) mass is 270 g/mol. The topological polar surface area (TPSA) is 78.9 Å². The van der Waals surface area contributed by atoms with Gasteiger partial charge in [-0.05, 0) is 45.4 Å². The molecule has 2 amide bonds. The zero-order valence-corrected chi connectivity index (χ0v) is 11.7. The van der Waals surface area contributed by atoms with Crippen LogP contribution in [0.2, 0.25) is 0 Å². The Morgan fingerprint density at radius 2 is 1.95 bits per heavy atom. The van der Waals surface area contributed by atoms with Crippen molar-refractivity contribution in [2.24, 2.45) is 5.41 Å². The molecule has 0 aromatic heterocycles. The SMILES string of the molecule is CC(C)(C)OC(=O)N[C@H]1CN(C(=O)O)CCC12CC2. The predicted octanol–water partition coefficient (Wildman–Crippen LogP) is 2.04. The van der Waals surface area contributed by atoms with E-state index in [1.54, 1.807) is 0 Å². The van der Waals surface area contributed by atoms with Gasteiger partial charge >= 0.3 is 12.2 Å². The summed E-state index contributed by atoms with van der Waals surface area (Å²) in [6.07, 6.45) is 1.55. The second-order valence-corrected chi connectivity index (χ2v) is 6.54. The molecule has 2 N–H and O–H groups in total. The number of ether oxygens (including phenoxy) is 1. The number of hydrogen-bond acceptors (Lipinski definition) is 3. The average molecular weight is 270 g/mol. The van der Waals surface area contributed by atoms with E-state index in [1.165, 1.54) is 4.90 Å². The van der Waals surface area contributed by atoms with Gasteiger partial charge in [0.05, 0.1) is 6.04 Å². The van der Waals surface area contributed by atoms with Gasteiger partial charge in [0.2, 0.25) is 0 Å². The highest BCUT2D eigenvalue weighted by Gasteiger charge is 2.53. The molecule has 108 valence electrons. The minimum Gasteiger partial charge on any atom is -0.465 e. The molecule has 1 atom stereocenters. The zero-order valence-electron chi connectivity index (χ0n) is 11.7. The van der Waals surface area contributed by atoms with Crippen LogP contribution in [0.1, 0.15) is 40.0 Å². The third-order valence-electron chi connectivity index (χ3n) is 3.88. The highest BCUT2D eigenvalue weighted by Crippen LogP contribution is 2.53. The van der Waals surface area contributed by atoms with E-state index >= 15 is 0 Å². The van der Waals surface area contributed by atoms with Gasteiger partial charge in [0, 0.05) is 13.1 Å². The fraction of sp³-hybridized carbons (Fsp3) is 0.846. The van der Waals surface area contributed by atoms with Crippen LogP contribution in [0.25, 0.3) is 0 Å². The van der Waals surface area contributed by atoms with E-state index in [9.17, 15) is 9.59 Å². The number of likely N-dealkylation sites (tertiary alicyclic amines) is 1. The summed E-state index contributed by atoms with van der Waals surface area (Å²) in [7, 11) is 0. The summed E-state index contributed by atoms with van der Waals surface area (Å²) in [6.45, 7) is 6.34. The van der Waals surface area contributed by atoms with E-state index < -0.39 is 17.8 Å². The molecule has 0 radical (unpaired) electrons. The van der Waals surface area contributed by atoms with Crippen molar-refractivity contribution in [2.45, 2.75) is 51.7 Å². The van der Waals surface area contributed by atoms with E-state index in [0.29, 0.717) is 13.1 Å². The van der Waals surface area contributed by atoms with Crippen molar-refractivity contribution < 1.29 is 19.4 Å². The number of carbonyl (C=O) groups excluding carboxylic acids is 1. The third-order valence-corrected chi connectivity index (χ3v) is 3.88. The van der Waals surface area contributed by atoms with Crippen LogP contribution in [0.5, 0.6) is 0 Å². The number of hydrogen-bond donors (Lipinski definition) is 2. The van der Waals surface area contributed by atoms with Crippen molar-refractivity contribution in [3.63, 3.8) is 0 Å². The van der Waals surface area contributed by atoms with Crippen molar-refractivity contribution in [1.29, 1.82) is 0 Å². The Morgan fingerprint density at radius 3 is 2.42 bits per heavy atom. The molecular formula is C13H22N2O4. The molecule has 6 heteroatoms. The first-order valence-corrected chi connectivity index (χ1v) is 6.69. The van der Waals surface area contributed by atoms with Crippen LogP contribution >= 0.6 is 0 Å². The molecule has 1 aliphatic heterocycles. The second kappa shape index (κ2) is 4.58. The smallest absolute Gasteiger partial charge is 0.407 e. The van der Waals surface area contributed by atoms with Crippen LogP contribution in [-0.2, 0) is 4.74 Å². The number of nitrogens with one attached hydrogen (secondary N) is 1. The molecule has 1 saturated heterocycles. The molecule has 2 fully saturated rings. The summed E-state index contributed by atoms with van der Waals surface area (Å²) in [5, 5.41) is 11.9. The van der Waals surface area contributed by atoms with Gasteiger partial charge in [0.25, 0.3) is 0 Å². The van der Waals surface area contributed by atoms with Crippen molar-refractivity contribution in [1.82, 2.24) is 10.2 Å². The largest absolute Gasteiger partial charge is 0.465 e. The van der Waals surface area contributed by atoms with Crippen molar-refractivity contribution in [3.8, 4) is 0 Å². The Kier molecular flexibility index (Phi) is 3.36. The van der Waals surface area contributed by atoms with Crippen LogP contribution in [0, 0.1) is 5.41 Å². The molecule has 19 heavy (non-hydrogen) atoms. The van der Waals surface area contributed by atoms with Gasteiger partial charge in [-0.3, -0.25) is 0 Å². The zero-order chi connectivity index (χ0) is 14.3. The number of rotatable bonds is 1. The third kappa shape index (κ3) is 3.30. The van der Waals surface area contributed by atoms with Crippen molar-refractivity contribution in [3.05, 3.63) is 0 Å². The number of alkyl carbamates (subject to hydrolysis) is 1. The molecule has 0 bridgehead atoms. The fourth-order valence-electron chi connectivity index (χ4n) is 2.62. The van der Waals surface area contributed by atoms with E-state index in [0.717, 1.165) is 19.3 Å². The Bertz CT molecular complexity index is 385. The fourth-order valence-corrected chi connectivity index (χ4v) is 2.62. The minimum absolute atomic E-state index is 0.100. The van der Waals surface area contributed by atoms with Gasteiger partial charge in [0.15, 0.2) is 0 Å². The van der Waals surface area contributed by atoms with Crippen molar-refractivity contribution >= 4 is 12.2 Å². The van der Waals surface area contributed by atoms with Crippen molar-refractivity contribution in [2.75, 3.05) is 13.1 Å². The molecule has 1 aliphatic carbocycles. The van der Waals surface area contributed by atoms with E-state index in [2.05, 4.69) is 5.32 Å². The molecule has 2 aliphatic rings. The predicted molar refractivity (Wildman–Crippen MR) is 69.0 cm³/mol. The number of amides is 2. The van der Waals surface area contributed by atoms with Gasteiger partial charge in [-0.25, -0.2) is 9.59 Å². The van der Waals surface area contributed by atoms with E-state index in [1.807, 2.05) is 20.8 Å². The highest BCUT2D eigenvalue weighted by molar-refractivity contribution is 5.69. The van der Waals surface area contributed by atoms with Gasteiger partial charge in [-0.1, -0.05) is 0 Å².